The van der Waals surface area contributed by atoms with E-state index in [0.717, 1.165) is 59.9 Å². The molecule has 0 spiro atoms. The molecule has 5 rings (SSSR count). The Balaban J connectivity index is 1.42. The summed E-state index contributed by atoms with van der Waals surface area (Å²) in [6.45, 7) is 0.111. The molecule has 1 aromatic heterocycles. The van der Waals surface area contributed by atoms with E-state index in [1.54, 1.807) is 0 Å². The van der Waals surface area contributed by atoms with Crippen molar-refractivity contribution >= 4 is 27.6 Å². The molecule has 2 heterocycles. The van der Waals surface area contributed by atoms with Crippen molar-refractivity contribution in [2.24, 2.45) is 0 Å². The Bertz CT molecular complexity index is 1120. The monoisotopic (exact) mass is 415 g/mol. The van der Waals surface area contributed by atoms with Crippen LogP contribution in [0.15, 0.2) is 23.2 Å². The minimum Gasteiger partial charge on any atom is -0.477 e. The van der Waals surface area contributed by atoms with Crippen LogP contribution in [0.25, 0.3) is 0 Å². The second kappa shape index (κ2) is 6.62. The summed E-state index contributed by atoms with van der Waals surface area (Å²) in [5.74, 6) is -0.296. The topological polar surface area (TPSA) is 107 Å². The molecule has 2 N–H and O–H groups in total. The first-order valence-electron chi connectivity index (χ1n) is 9.82. The Morgan fingerprint density at radius 2 is 1.72 bits per heavy atom. The molecule has 8 nitrogen and oxygen atoms in total. The molecule has 0 atom stereocenters. The number of nitrogens with zero attached hydrogens (tertiary/aromatic N) is 1. The number of sulfonamides is 1. The molecule has 0 radical (unpaired) electrons. The van der Waals surface area contributed by atoms with Gasteiger partial charge in [0.15, 0.2) is 0 Å². The third-order valence-corrected chi connectivity index (χ3v) is 7.20. The van der Waals surface area contributed by atoms with E-state index in [1.807, 2.05) is 0 Å². The zero-order valence-corrected chi connectivity index (χ0v) is 16.6. The maximum absolute atomic E-state index is 12.8. The number of benzene rings is 1. The zero-order chi connectivity index (χ0) is 20.2. The molecule has 0 saturated heterocycles. The van der Waals surface area contributed by atoms with Crippen LogP contribution in [0.4, 0.5) is 10.5 Å². The van der Waals surface area contributed by atoms with Gasteiger partial charge in [-0.2, -0.15) is 0 Å². The number of urea groups is 1. The van der Waals surface area contributed by atoms with Gasteiger partial charge in [-0.25, -0.2) is 17.9 Å². The van der Waals surface area contributed by atoms with Crippen molar-refractivity contribution in [3.8, 4) is 5.88 Å². The van der Waals surface area contributed by atoms with Crippen molar-refractivity contribution in [1.29, 1.82) is 0 Å². The van der Waals surface area contributed by atoms with Crippen molar-refractivity contribution in [2.45, 2.75) is 49.8 Å². The minimum atomic E-state index is -4.19. The fourth-order valence-electron chi connectivity index (χ4n) is 4.58. The van der Waals surface area contributed by atoms with E-state index in [9.17, 15) is 18.0 Å². The van der Waals surface area contributed by atoms with Crippen LogP contribution < -0.4 is 14.8 Å². The Morgan fingerprint density at radius 3 is 2.41 bits per heavy atom. The second-order valence-corrected chi connectivity index (χ2v) is 9.29. The highest BCUT2D eigenvalue weighted by Gasteiger charge is 2.31. The third kappa shape index (κ3) is 3.00. The number of carbonyl (C=O) groups is 2. The molecule has 0 saturated carbocycles. The SMILES string of the molecule is O=C(Nc1c2c(cc3c1CCC3)CCC2)NS(=O)(=O)c1ccn2c1OCCC2=O. The Kier molecular flexibility index (Phi) is 4.16. The third-order valence-electron chi connectivity index (χ3n) is 5.86. The number of hydrogen-bond acceptors (Lipinski definition) is 5. The van der Waals surface area contributed by atoms with Gasteiger partial charge in [0, 0.05) is 11.9 Å². The molecular weight excluding hydrogens is 394 g/mol. The number of nitrogens with one attached hydrogen (secondary N) is 2. The Labute approximate surface area is 168 Å². The summed E-state index contributed by atoms with van der Waals surface area (Å²) in [6.07, 6.45) is 7.34. The van der Waals surface area contributed by atoms with E-state index in [-0.39, 0.29) is 29.7 Å². The first-order valence-corrected chi connectivity index (χ1v) is 11.3. The van der Waals surface area contributed by atoms with Crippen LogP contribution in [-0.4, -0.2) is 31.5 Å². The molecule has 0 bridgehead atoms. The number of amides is 2. The van der Waals surface area contributed by atoms with Crippen LogP contribution in [0.2, 0.25) is 0 Å². The van der Waals surface area contributed by atoms with E-state index >= 15 is 0 Å². The molecule has 2 aliphatic carbocycles. The highest BCUT2D eigenvalue weighted by Crippen LogP contribution is 2.38. The molecule has 2 aromatic rings. The van der Waals surface area contributed by atoms with Crippen LogP contribution in [-0.2, 0) is 35.7 Å². The van der Waals surface area contributed by atoms with Crippen LogP contribution in [0.1, 0.15) is 46.3 Å². The molecule has 1 aromatic carbocycles. The van der Waals surface area contributed by atoms with Gasteiger partial charge in [0.1, 0.15) is 4.90 Å². The van der Waals surface area contributed by atoms with Crippen LogP contribution >= 0.6 is 0 Å². The van der Waals surface area contributed by atoms with Gasteiger partial charge in [-0.3, -0.25) is 9.36 Å². The van der Waals surface area contributed by atoms with Crippen molar-refractivity contribution in [1.82, 2.24) is 9.29 Å². The van der Waals surface area contributed by atoms with Crippen molar-refractivity contribution in [2.75, 3.05) is 11.9 Å². The lowest BCUT2D eigenvalue weighted by molar-refractivity contribution is 0.0816. The number of hydrogen-bond donors (Lipinski definition) is 2. The number of rotatable bonds is 3. The van der Waals surface area contributed by atoms with Gasteiger partial charge < -0.3 is 10.1 Å². The lowest BCUT2D eigenvalue weighted by Crippen LogP contribution is -2.35. The highest BCUT2D eigenvalue weighted by atomic mass is 32.2. The second-order valence-electron chi connectivity index (χ2n) is 7.64. The molecule has 29 heavy (non-hydrogen) atoms. The summed E-state index contributed by atoms with van der Waals surface area (Å²) >= 11 is 0. The number of aryl methyl sites for hydroxylation is 2. The van der Waals surface area contributed by atoms with E-state index in [1.165, 1.54) is 23.4 Å². The number of anilines is 1. The van der Waals surface area contributed by atoms with Crippen molar-refractivity contribution in [3.05, 3.63) is 40.6 Å². The first kappa shape index (κ1) is 18.2. The van der Waals surface area contributed by atoms with E-state index in [2.05, 4.69) is 16.1 Å². The Morgan fingerprint density at radius 1 is 1.03 bits per heavy atom. The van der Waals surface area contributed by atoms with Crippen LogP contribution in [0.3, 0.4) is 0 Å². The van der Waals surface area contributed by atoms with Gasteiger partial charge in [-0.1, -0.05) is 6.07 Å². The number of aromatic nitrogens is 1. The average Bonchev–Trinajstić information content (AvgIpc) is 3.40. The van der Waals surface area contributed by atoms with Crippen molar-refractivity contribution in [3.63, 3.8) is 0 Å². The fraction of sp³-hybridized carbons (Fsp3) is 0.400. The summed E-state index contributed by atoms with van der Waals surface area (Å²) in [5.41, 5.74) is 5.50. The molecular formula is C20H21N3O5S. The maximum Gasteiger partial charge on any atom is 0.333 e. The summed E-state index contributed by atoms with van der Waals surface area (Å²) in [4.78, 5) is 24.3. The molecule has 152 valence electrons. The minimum absolute atomic E-state index is 0.0527. The number of carbonyl (C=O) groups excluding carboxylic acids is 2. The standard InChI is InChI=1S/C20H21N3O5S/c24-17-8-10-28-19-16(7-9-23(17)19)29(26,27)22-20(25)21-18-14-5-1-3-12(14)11-13-4-2-6-15(13)18/h7,9,11H,1-6,8,10H2,(H2,21,22,25). The molecule has 0 fully saturated rings. The average molecular weight is 415 g/mol. The smallest absolute Gasteiger partial charge is 0.333 e. The van der Waals surface area contributed by atoms with Gasteiger partial charge in [0.05, 0.1) is 13.0 Å². The van der Waals surface area contributed by atoms with Crippen LogP contribution in [0, 0.1) is 0 Å². The molecule has 1 aliphatic heterocycles. The predicted molar refractivity (Wildman–Crippen MR) is 105 cm³/mol. The van der Waals surface area contributed by atoms with E-state index < -0.39 is 16.1 Å². The maximum atomic E-state index is 12.8. The molecule has 9 heteroatoms. The number of ether oxygens (including phenoxy) is 1. The van der Waals surface area contributed by atoms with Crippen LogP contribution in [0.5, 0.6) is 5.88 Å². The lowest BCUT2D eigenvalue weighted by atomic mass is 9.99. The predicted octanol–water partition coefficient (Wildman–Crippen LogP) is 2.40. The highest BCUT2D eigenvalue weighted by molar-refractivity contribution is 7.90. The summed E-state index contributed by atoms with van der Waals surface area (Å²) in [7, 11) is -4.19. The van der Waals surface area contributed by atoms with Gasteiger partial charge in [-0.15, -0.1) is 0 Å². The first-order chi connectivity index (χ1) is 13.9. The quantitative estimate of drug-likeness (QED) is 0.801. The Hall–Kier alpha value is -2.81. The normalized spacial score (nSPS) is 17.3. The van der Waals surface area contributed by atoms with E-state index in [0.29, 0.717) is 0 Å². The van der Waals surface area contributed by atoms with E-state index in [4.69, 9.17) is 4.74 Å². The summed E-state index contributed by atoms with van der Waals surface area (Å²) in [5, 5.41) is 2.81. The van der Waals surface area contributed by atoms with Gasteiger partial charge in [-0.05, 0) is 66.8 Å². The fourth-order valence-corrected chi connectivity index (χ4v) is 5.61. The molecule has 2 amide bonds. The summed E-state index contributed by atoms with van der Waals surface area (Å²) in [6, 6.07) is 2.71. The molecule has 0 unspecified atom stereocenters. The van der Waals surface area contributed by atoms with Crippen molar-refractivity contribution < 1.29 is 22.7 Å². The summed E-state index contributed by atoms with van der Waals surface area (Å²) < 4.78 is 34.1. The van der Waals surface area contributed by atoms with Gasteiger partial charge >= 0.3 is 6.03 Å². The molecule has 3 aliphatic rings. The zero-order valence-electron chi connectivity index (χ0n) is 15.8. The number of fused-ring (bicyclic) bond motifs is 3. The van der Waals surface area contributed by atoms with Gasteiger partial charge in [0.25, 0.3) is 10.0 Å². The largest absolute Gasteiger partial charge is 0.477 e. The van der Waals surface area contributed by atoms with Gasteiger partial charge in [0.2, 0.25) is 11.8 Å². The lowest BCUT2D eigenvalue weighted by Gasteiger charge is -2.18.